The van der Waals surface area contributed by atoms with Crippen molar-refractivity contribution in [3.05, 3.63) is 39.6 Å². The molecule has 5 rings (SSSR count). The molecule has 7 nitrogen and oxygen atoms in total. The first-order valence-corrected chi connectivity index (χ1v) is 13.0. The first kappa shape index (κ1) is 24.4. The number of halogens is 2. The lowest BCUT2D eigenvalue weighted by molar-refractivity contribution is -0.0227. The van der Waals surface area contributed by atoms with Gasteiger partial charge in [0.25, 0.3) is 0 Å². The minimum Gasteiger partial charge on any atom is -0.458 e. The molecule has 1 saturated carbocycles. The highest BCUT2D eigenvalue weighted by molar-refractivity contribution is 6.39. The van der Waals surface area contributed by atoms with E-state index in [1.807, 2.05) is 25.7 Å². The molecule has 0 spiro atoms. The lowest BCUT2D eigenvalue weighted by atomic mass is 9.81. The van der Waals surface area contributed by atoms with Crippen molar-refractivity contribution in [3.8, 4) is 11.3 Å². The van der Waals surface area contributed by atoms with Crippen LogP contribution in [0.5, 0.6) is 0 Å². The second-order valence-corrected chi connectivity index (χ2v) is 11.6. The number of nitrogens with zero attached hydrogens (tertiary/aromatic N) is 2. The van der Waals surface area contributed by atoms with E-state index >= 15 is 0 Å². The fraction of sp³-hybridized carbons (Fsp3) is 0.577. The lowest BCUT2D eigenvalue weighted by Crippen LogP contribution is -2.50. The van der Waals surface area contributed by atoms with Gasteiger partial charge in [-0.3, -0.25) is 0 Å². The minimum atomic E-state index is -0.553. The number of carbonyl (C=O) groups excluding carboxylic acids is 2. The Kier molecular flexibility index (Phi) is 6.51. The summed E-state index contributed by atoms with van der Waals surface area (Å²) in [5, 5.41) is 5.01. The van der Waals surface area contributed by atoms with E-state index in [0.29, 0.717) is 45.5 Å². The zero-order chi connectivity index (χ0) is 24.9. The van der Waals surface area contributed by atoms with Gasteiger partial charge in [-0.2, -0.15) is 0 Å². The Bertz CT molecular complexity index is 1100. The Morgan fingerprint density at radius 1 is 1.06 bits per heavy atom. The van der Waals surface area contributed by atoms with E-state index in [0.717, 1.165) is 32.1 Å². The smallest absolute Gasteiger partial charge is 0.410 e. The standard InChI is InChI=1S/C26H30Cl2N2O5/c1-26(2,3)34-25(32)30-15-10-11-16(30)13-17(12-15)33-24(31)21-22(20-18(27)8-5-9-19(20)28)29-35-23(21)14-6-4-7-14/h5,8-9,14-17H,4,6-7,10-13H2,1-3H3/t15-,16?,17?/m0/s1. The van der Waals surface area contributed by atoms with E-state index in [-0.39, 0.29) is 30.2 Å². The topological polar surface area (TPSA) is 81.9 Å². The molecule has 1 amide bonds. The molecule has 0 radical (unpaired) electrons. The summed E-state index contributed by atoms with van der Waals surface area (Å²) in [6, 6.07) is 5.15. The molecule has 2 bridgehead atoms. The van der Waals surface area contributed by atoms with Crippen molar-refractivity contribution >= 4 is 35.3 Å². The largest absolute Gasteiger partial charge is 0.458 e. The monoisotopic (exact) mass is 520 g/mol. The number of amides is 1. The molecule has 1 aliphatic carbocycles. The van der Waals surface area contributed by atoms with Gasteiger partial charge in [-0.05, 0) is 58.6 Å². The summed E-state index contributed by atoms with van der Waals surface area (Å²) in [5.41, 5.74) is 0.549. The third-order valence-corrected chi connectivity index (χ3v) is 7.80. The Hall–Kier alpha value is -2.25. The second-order valence-electron chi connectivity index (χ2n) is 10.8. The van der Waals surface area contributed by atoms with Gasteiger partial charge >= 0.3 is 12.1 Å². The number of hydrogen-bond donors (Lipinski definition) is 0. The van der Waals surface area contributed by atoms with Crippen molar-refractivity contribution in [3.63, 3.8) is 0 Å². The number of ether oxygens (including phenoxy) is 2. The Labute approximate surface area is 215 Å². The zero-order valence-corrected chi connectivity index (χ0v) is 21.7. The molecule has 2 aromatic rings. The van der Waals surface area contributed by atoms with Crippen LogP contribution in [0.4, 0.5) is 4.79 Å². The highest BCUT2D eigenvalue weighted by Gasteiger charge is 2.46. The van der Waals surface area contributed by atoms with Crippen molar-refractivity contribution in [2.45, 2.75) is 95.4 Å². The number of hydrogen-bond acceptors (Lipinski definition) is 6. The molecule has 9 heteroatoms. The summed E-state index contributed by atoms with van der Waals surface area (Å²) < 4.78 is 17.3. The van der Waals surface area contributed by atoms with Crippen molar-refractivity contribution in [1.82, 2.24) is 10.1 Å². The number of fused-ring (bicyclic) bond motifs is 2. The maximum absolute atomic E-state index is 13.6. The van der Waals surface area contributed by atoms with E-state index in [1.165, 1.54) is 0 Å². The molecule has 35 heavy (non-hydrogen) atoms. The van der Waals surface area contributed by atoms with Crippen LogP contribution in [0.1, 0.15) is 87.8 Å². The maximum Gasteiger partial charge on any atom is 0.410 e. The second kappa shape index (κ2) is 9.32. The summed E-state index contributed by atoms with van der Waals surface area (Å²) in [6.07, 6.45) is 5.25. The van der Waals surface area contributed by atoms with Gasteiger partial charge in [-0.15, -0.1) is 0 Å². The van der Waals surface area contributed by atoms with Crippen molar-refractivity contribution in [2.24, 2.45) is 0 Å². The summed E-state index contributed by atoms with van der Waals surface area (Å²) in [6.45, 7) is 5.59. The number of benzene rings is 1. The molecule has 3 fully saturated rings. The predicted molar refractivity (Wildman–Crippen MR) is 132 cm³/mol. The van der Waals surface area contributed by atoms with E-state index in [1.54, 1.807) is 18.2 Å². The Morgan fingerprint density at radius 2 is 1.69 bits per heavy atom. The highest BCUT2D eigenvalue weighted by Crippen LogP contribution is 2.44. The van der Waals surface area contributed by atoms with E-state index in [4.69, 9.17) is 37.2 Å². The van der Waals surface area contributed by atoms with Crippen LogP contribution >= 0.6 is 23.2 Å². The van der Waals surface area contributed by atoms with Gasteiger partial charge in [-0.25, -0.2) is 9.59 Å². The third kappa shape index (κ3) is 4.77. The van der Waals surface area contributed by atoms with Gasteiger partial charge in [0.2, 0.25) is 0 Å². The van der Waals surface area contributed by atoms with Crippen LogP contribution < -0.4 is 0 Å². The normalized spacial score (nSPS) is 24.3. The zero-order valence-electron chi connectivity index (χ0n) is 20.2. The highest BCUT2D eigenvalue weighted by atomic mass is 35.5. The van der Waals surface area contributed by atoms with Gasteiger partial charge in [0, 0.05) is 36.4 Å². The van der Waals surface area contributed by atoms with Crippen LogP contribution in [0.15, 0.2) is 22.7 Å². The number of aromatic nitrogens is 1. The molecule has 3 heterocycles. The van der Waals surface area contributed by atoms with Crippen LogP contribution in [-0.2, 0) is 9.47 Å². The molecule has 1 aromatic heterocycles. The van der Waals surface area contributed by atoms with Gasteiger partial charge < -0.3 is 18.9 Å². The van der Waals surface area contributed by atoms with Gasteiger partial charge in [-0.1, -0.05) is 40.8 Å². The summed E-state index contributed by atoms with van der Waals surface area (Å²) >= 11 is 12.9. The van der Waals surface area contributed by atoms with Crippen LogP contribution in [0.3, 0.4) is 0 Å². The van der Waals surface area contributed by atoms with Crippen molar-refractivity contribution in [2.75, 3.05) is 0 Å². The van der Waals surface area contributed by atoms with Crippen LogP contribution in [0.25, 0.3) is 11.3 Å². The first-order valence-electron chi connectivity index (χ1n) is 12.3. The average Bonchev–Trinajstić information content (AvgIpc) is 3.24. The van der Waals surface area contributed by atoms with Gasteiger partial charge in [0.1, 0.15) is 23.0 Å². The SMILES string of the molecule is CC(C)(C)OC(=O)N1C2CC[C@H]1CC(OC(=O)c1c(-c3c(Cl)cccc3Cl)noc1C1CCC1)C2. The van der Waals surface area contributed by atoms with E-state index in [2.05, 4.69) is 5.16 Å². The van der Waals surface area contributed by atoms with Gasteiger partial charge in [0.15, 0.2) is 5.76 Å². The van der Waals surface area contributed by atoms with Gasteiger partial charge in [0.05, 0.1) is 10.0 Å². The van der Waals surface area contributed by atoms with Crippen molar-refractivity contribution in [1.29, 1.82) is 0 Å². The number of piperidine rings is 1. The molecular formula is C26H30Cl2N2O5. The maximum atomic E-state index is 13.6. The molecule has 2 saturated heterocycles. The molecule has 2 aliphatic heterocycles. The van der Waals surface area contributed by atoms with Crippen molar-refractivity contribution < 1.29 is 23.6 Å². The number of esters is 1. The third-order valence-electron chi connectivity index (χ3n) is 7.17. The first-order chi connectivity index (χ1) is 16.6. The molecule has 0 N–H and O–H groups in total. The Morgan fingerprint density at radius 3 is 2.23 bits per heavy atom. The summed E-state index contributed by atoms with van der Waals surface area (Å²) in [4.78, 5) is 28.2. The molecule has 3 aliphatic rings. The van der Waals surface area contributed by atoms with E-state index < -0.39 is 11.6 Å². The molecular weight excluding hydrogens is 491 g/mol. The van der Waals surface area contributed by atoms with Crippen LogP contribution in [0.2, 0.25) is 10.0 Å². The molecule has 1 aromatic carbocycles. The minimum absolute atomic E-state index is 0.00698. The molecule has 3 atom stereocenters. The summed E-state index contributed by atoms with van der Waals surface area (Å²) in [7, 11) is 0. The fourth-order valence-electron chi connectivity index (χ4n) is 5.39. The lowest BCUT2D eigenvalue weighted by Gasteiger charge is -2.39. The van der Waals surface area contributed by atoms with Crippen LogP contribution in [-0.4, -0.2) is 45.9 Å². The number of rotatable bonds is 4. The van der Waals surface area contributed by atoms with E-state index in [9.17, 15) is 9.59 Å². The summed E-state index contributed by atoms with van der Waals surface area (Å²) in [5.74, 6) is 0.195. The number of carbonyl (C=O) groups is 2. The molecule has 2 unspecified atom stereocenters. The predicted octanol–water partition coefficient (Wildman–Crippen LogP) is 7.00. The Balaban J connectivity index is 1.37. The fourth-order valence-corrected chi connectivity index (χ4v) is 5.97. The average molecular weight is 521 g/mol. The van der Waals surface area contributed by atoms with Crippen LogP contribution in [0, 0.1) is 0 Å². The molecule has 188 valence electrons. The quantitative estimate of drug-likeness (QED) is 0.403.